The van der Waals surface area contributed by atoms with E-state index in [0.717, 1.165) is 11.6 Å². The molecular weight excluding hydrogens is 481 g/mol. The molecule has 0 saturated carbocycles. The number of para-hydroxylation sites is 1. The van der Waals surface area contributed by atoms with Crippen LogP contribution in [0.25, 0.3) is 33.3 Å². The lowest BCUT2D eigenvalue weighted by Gasteiger charge is -1.98. The van der Waals surface area contributed by atoms with Gasteiger partial charge in [0.25, 0.3) is 5.01 Å². The second kappa shape index (κ2) is 7.90. The highest BCUT2D eigenvalue weighted by molar-refractivity contribution is 7.18. The van der Waals surface area contributed by atoms with Crippen molar-refractivity contribution in [2.75, 3.05) is 0 Å². The SMILES string of the molecule is CC[n+]1c(/C=C/c2coc3ccc(Cl)cc3c2=O)sc2ccccc21.[I-]. The summed E-state index contributed by atoms with van der Waals surface area (Å²) in [5, 5.41) is 2.11. The van der Waals surface area contributed by atoms with Gasteiger partial charge in [0.1, 0.15) is 23.1 Å². The van der Waals surface area contributed by atoms with E-state index >= 15 is 0 Å². The molecule has 132 valence electrons. The molecule has 0 aliphatic rings. The molecule has 3 nitrogen and oxygen atoms in total. The number of nitrogens with zero attached hydrogens (tertiary/aromatic N) is 1. The largest absolute Gasteiger partial charge is 1.00 e. The van der Waals surface area contributed by atoms with Gasteiger partial charge in [-0.1, -0.05) is 35.1 Å². The van der Waals surface area contributed by atoms with Gasteiger partial charge in [0.15, 0.2) is 5.43 Å². The van der Waals surface area contributed by atoms with E-state index < -0.39 is 0 Å². The molecule has 0 unspecified atom stereocenters. The summed E-state index contributed by atoms with van der Waals surface area (Å²) in [6, 6.07) is 13.4. The summed E-state index contributed by atoms with van der Waals surface area (Å²) >= 11 is 7.70. The van der Waals surface area contributed by atoms with Crippen LogP contribution in [0.4, 0.5) is 0 Å². The second-order valence-corrected chi connectivity index (χ2v) is 7.14. The number of aromatic nitrogens is 1. The average molecular weight is 496 g/mol. The van der Waals surface area contributed by atoms with E-state index in [0.29, 0.717) is 21.6 Å². The number of benzene rings is 2. The van der Waals surface area contributed by atoms with E-state index in [2.05, 4.69) is 23.6 Å². The average Bonchev–Trinajstić information content (AvgIpc) is 2.99. The van der Waals surface area contributed by atoms with Crippen molar-refractivity contribution in [1.29, 1.82) is 0 Å². The van der Waals surface area contributed by atoms with E-state index in [9.17, 15) is 4.79 Å². The third-order valence-corrected chi connectivity index (χ3v) is 5.49. The monoisotopic (exact) mass is 495 g/mol. The number of hydrogen-bond donors (Lipinski definition) is 0. The van der Waals surface area contributed by atoms with Crippen LogP contribution >= 0.6 is 22.9 Å². The maximum Gasteiger partial charge on any atom is 0.262 e. The molecule has 0 amide bonds. The lowest BCUT2D eigenvalue weighted by atomic mass is 10.1. The number of fused-ring (bicyclic) bond motifs is 2. The minimum atomic E-state index is -0.0795. The van der Waals surface area contributed by atoms with Crippen molar-refractivity contribution in [3.8, 4) is 0 Å². The summed E-state index contributed by atoms with van der Waals surface area (Å²) in [5.74, 6) is 0. The quantitative estimate of drug-likeness (QED) is 0.322. The molecule has 6 heteroatoms. The fourth-order valence-electron chi connectivity index (χ4n) is 2.90. The predicted octanol–water partition coefficient (Wildman–Crippen LogP) is 2.14. The van der Waals surface area contributed by atoms with Crippen molar-refractivity contribution in [1.82, 2.24) is 0 Å². The van der Waals surface area contributed by atoms with E-state index in [-0.39, 0.29) is 29.4 Å². The molecule has 0 spiro atoms. The van der Waals surface area contributed by atoms with Gasteiger partial charge < -0.3 is 28.4 Å². The summed E-state index contributed by atoms with van der Waals surface area (Å²) in [7, 11) is 0. The first-order valence-electron chi connectivity index (χ1n) is 7.98. The highest BCUT2D eigenvalue weighted by Gasteiger charge is 2.16. The molecule has 2 aromatic heterocycles. The first-order chi connectivity index (χ1) is 12.2. The maximum atomic E-state index is 12.7. The Balaban J connectivity index is 0.00000196. The standard InChI is InChI=1S/C20H15ClNO2S.HI/c1-2-22-16-5-3-4-6-18(16)25-19(22)10-7-13-12-24-17-9-8-14(21)11-15(17)20(13)23;/h3-12H,2H2,1H3;1H/q+1;/p-1/b10-7+;. The zero-order chi connectivity index (χ0) is 17.4. The first-order valence-corrected chi connectivity index (χ1v) is 9.17. The van der Waals surface area contributed by atoms with Crippen LogP contribution < -0.4 is 34.0 Å². The topological polar surface area (TPSA) is 34.1 Å². The Morgan fingerprint density at radius 1 is 1.19 bits per heavy atom. The lowest BCUT2D eigenvalue weighted by molar-refractivity contribution is -0.665. The van der Waals surface area contributed by atoms with E-state index in [1.54, 1.807) is 29.5 Å². The Labute approximate surface area is 176 Å². The molecule has 0 aliphatic carbocycles. The summed E-state index contributed by atoms with van der Waals surface area (Å²) in [6.07, 6.45) is 5.28. The Hall–Kier alpha value is -1.70. The van der Waals surface area contributed by atoms with Crippen molar-refractivity contribution >= 4 is 56.3 Å². The van der Waals surface area contributed by atoms with Crippen molar-refractivity contribution in [2.45, 2.75) is 13.5 Å². The molecule has 0 saturated heterocycles. The van der Waals surface area contributed by atoms with Gasteiger partial charge in [0.2, 0.25) is 5.52 Å². The molecule has 0 fully saturated rings. The highest BCUT2D eigenvalue weighted by atomic mass is 127. The molecule has 2 aromatic carbocycles. The third-order valence-electron chi connectivity index (χ3n) is 4.12. The first kappa shape index (κ1) is 19.1. The van der Waals surface area contributed by atoms with Crippen LogP contribution in [0.1, 0.15) is 17.5 Å². The second-order valence-electron chi connectivity index (χ2n) is 5.65. The van der Waals surface area contributed by atoms with Crippen LogP contribution in [0.15, 0.2) is 57.9 Å². The van der Waals surface area contributed by atoms with Crippen molar-refractivity contribution in [3.05, 3.63) is 74.5 Å². The number of hydrogen-bond acceptors (Lipinski definition) is 3. The molecule has 4 rings (SSSR count). The molecule has 0 radical (unpaired) electrons. The number of halogens is 2. The van der Waals surface area contributed by atoms with Gasteiger partial charge in [0, 0.05) is 17.2 Å². The van der Waals surface area contributed by atoms with Crippen molar-refractivity contribution < 1.29 is 33.0 Å². The molecule has 4 aromatic rings. The van der Waals surface area contributed by atoms with Gasteiger partial charge in [-0.2, -0.15) is 4.57 Å². The van der Waals surface area contributed by atoms with Crippen LogP contribution in [-0.2, 0) is 6.54 Å². The van der Waals surface area contributed by atoms with Gasteiger partial charge >= 0.3 is 0 Å². The van der Waals surface area contributed by atoms with Crippen molar-refractivity contribution in [2.24, 2.45) is 0 Å². The van der Waals surface area contributed by atoms with Crippen LogP contribution in [0, 0.1) is 0 Å². The van der Waals surface area contributed by atoms with E-state index in [4.69, 9.17) is 16.0 Å². The smallest absolute Gasteiger partial charge is 0.262 e. The maximum absolute atomic E-state index is 12.7. The fraction of sp³-hybridized carbons (Fsp3) is 0.100. The molecular formula is C20H15ClINO2S. The summed E-state index contributed by atoms with van der Waals surface area (Å²) in [5.41, 5.74) is 2.17. The molecule has 26 heavy (non-hydrogen) atoms. The van der Waals surface area contributed by atoms with E-state index in [1.807, 2.05) is 24.3 Å². The molecule has 2 heterocycles. The number of rotatable bonds is 3. The predicted molar refractivity (Wildman–Crippen MR) is 104 cm³/mol. The van der Waals surface area contributed by atoms with Crippen LogP contribution in [-0.4, -0.2) is 0 Å². The van der Waals surface area contributed by atoms with Crippen LogP contribution in [0.3, 0.4) is 0 Å². The minimum absolute atomic E-state index is 0. The van der Waals surface area contributed by atoms with Gasteiger partial charge in [-0.05, 0) is 37.3 Å². The molecule has 0 bridgehead atoms. The lowest BCUT2D eigenvalue weighted by Crippen LogP contribution is -3.00. The van der Waals surface area contributed by atoms with Crippen LogP contribution in [0.2, 0.25) is 5.02 Å². The Kier molecular flexibility index (Phi) is 5.79. The van der Waals surface area contributed by atoms with Crippen LogP contribution in [0.5, 0.6) is 0 Å². The van der Waals surface area contributed by atoms with Gasteiger partial charge in [0.05, 0.1) is 10.9 Å². The summed E-state index contributed by atoms with van der Waals surface area (Å²) in [4.78, 5) is 12.7. The number of aryl methyl sites for hydroxylation is 1. The normalized spacial score (nSPS) is 11.3. The fourth-order valence-corrected chi connectivity index (χ4v) is 4.20. The highest BCUT2D eigenvalue weighted by Crippen LogP contribution is 2.22. The minimum Gasteiger partial charge on any atom is -1.00 e. The Morgan fingerprint density at radius 3 is 2.81 bits per heavy atom. The zero-order valence-electron chi connectivity index (χ0n) is 13.9. The molecule has 0 aliphatic heterocycles. The summed E-state index contributed by atoms with van der Waals surface area (Å²) < 4.78 is 9.02. The summed E-state index contributed by atoms with van der Waals surface area (Å²) in [6.45, 7) is 2.98. The number of thiazole rings is 1. The zero-order valence-corrected chi connectivity index (χ0v) is 17.6. The van der Waals surface area contributed by atoms with Gasteiger partial charge in [-0.25, -0.2) is 0 Å². The third kappa shape index (κ3) is 3.43. The Morgan fingerprint density at radius 2 is 2.00 bits per heavy atom. The molecule has 0 N–H and O–H groups in total. The molecule has 0 atom stereocenters. The van der Waals surface area contributed by atoms with Crippen molar-refractivity contribution in [3.63, 3.8) is 0 Å². The van der Waals surface area contributed by atoms with Gasteiger partial charge in [-0.3, -0.25) is 4.79 Å². The van der Waals surface area contributed by atoms with Gasteiger partial charge in [-0.15, -0.1) is 0 Å². The Bertz CT molecular complexity index is 1180. The van der Waals surface area contributed by atoms with E-state index in [1.165, 1.54) is 16.5 Å².